The topological polar surface area (TPSA) is 49.4 Å². The van der Waals surface area contributed by atoms with E-state index in [1.807, 2.05) is 6.92 Å². The number of hydrogen-bond donors (Lipinski definition) is 1. The quantitative estimate of drug-likeness (QED) is 0.905. The molecule has 1 N–H and O–H groups in total. The van der Waals surface area contributed by atoms with E-state index in [1.165, 1.54) is 10.4 Å². The van der Waals surface area contributed by atoms with Gasteiger partial charge in [-0.3, -0.25) is 0 Å². The van der Waals surface area contributed by atoms with Gasteiger partial charge in [0.1, 0.15) is 0 Å². The predicted octanol–water partition coefficient (Wildman–Crippen LogP) is 2.05. The monoisotopic (exact) mass is 324 g/mol. The van der Waals surface area contributed by atoms with Crippen LogP contribution in [0.5, 0.6) is 0 Å². The highest BCUT2D eigenvalue weighted by Gasteiger charge is 2.25. The molecule has 0 atom stereocenters. The first-order valence-corrected chi connectivity index (χ1v) is 7.80. The van der Waals surface area contributed by atoms with Crippen LogP contribution in [0.2, 0.25) is 5.02 Å². The summed E-state index contributed by atoms with van der Waals surface area (Å²) in [6.45, 7) is 4.47. The molecule has 0 bridgehead atoms. The second-order valence-electron chi connectivity index (χ2n) is 4.42. The Hall–Kier alpha value is -0.330. The van der Waals surface area contributed by atoms with E-state index in [0.29, 0.717) is 24.7 Å². The lowest BCUT2D eigenvalue weighted by atomic mass is 10.2. The predicted molar refractivity (Wildman–Crippen MR) is 79.7 cm³/mol. The molecular formula is C12H18Cl2N2O2S. The first kappa shape index (κ1) is 16.7. The molecule has 7 heteroatoms. The van der Waals surface area contributed by atoms with Crippen LogP contribution in [0.3, 0.4) is 0 Å². The number of aryl methyl sites for hydroxylation is 1. The fourth-order valence-corrected chi connectivity index (χ4v) is 3.70. The summed E-state index contributed by atoms with van der Waals surface area (Å²) >= 11 is 6.00. The molecule has 1 aromatic rings. The Balaban J connectivity index is 0.00000180. The van der Waals surface area contributed by atoms with Crippen molar-refractivity contribution < 1.29 is 8.42 Å². The SMILES string of the molecule is Cc1ccc(S(=O)(=O)N2CCCNCC2)cc1Cl.Cl. The van der Waals surface area contributed by atoms with Crippen molar-refractivity contribution in [2.75, 3.05) is 26.2 Å². The van der Waals surface area contributed by atoms with E-state index in [4.69, 9.17) is 11.6 Å². The molecular weight excluding hydrogens is 307 g/mol. The number of halogens is 2. The third-order valence-corrected chi connectivity index (χ3v) is 5.38. The molecule has 19 heavy (non-hydrogen) atoms. The molecule has 0 amide bonds. The van der Waals surface area contributed by atoms with Crippen molar-refractivity contribution in [3.8, 4) is 0 Å². The third kappa shape index (κ3) is 3.83. The van der Waals surface area contributed by atoms with Crippen molar-refractivity contribution in [2.24, 2.45) is 0 Å². The molecule has 0 spiro atoms. The van der Waals surface area contributed by atoms with Gasteiger partial charge < -0.3 is 5.32 Å². The Morgan fingerprint density at radius 2 is 2.00 bits per heavy atom. The fraction of sp³-hybridized carbons (Fsp3) is 0.500. The van der Waals surface area contributed by atoms with Gasteiger partial charge in [0.2, 0.25) is 10.0 Å². The zero-order chi connectivity index (χ0) is 13.2. The summed E-state index contributed by atoms with van der Waals surface area (Å²) in [6, 6.07) is 4.89. The van der Waals surface area contributed by atoms with E-state index in [1.54, 1.807) is 12.1 Å². The normalized spacial score (nSPS) is 17.6. The molecule has 108 valence electrons. The van der Waals surface area contributed by atoms with Gasteiger partial charge in [0, 0.05) is 24.7 Å². The van der Waals surface area contributed by atoms with Crippen LogP contribution < -0.4 is 5.32 Å². The van der Waals surface area contributed by atoms with Gasteiger partial charge in [0.05, 0.1) is 4.90 Å². The summed E-state index contributed by atoms with van der Waals surface area (Å²) in [5.74, 6) is 0. The van der Waals surface area contributed by atoms with Gasteiger partial charge in [0.15, 0.2) is 0 Å². The van der Waals surface area contributed by atoms with Crippen LogP contribution in [0.1, 0.15) is 12.0 Å². The smallest absolute Gasteiger partial charge is 0.243 e. The van der Waals surface area contributed by atoms with Gasteiger partial charge in [0.25, 0.3) is 0 Å². The van der Waals surface area contributed by atoms with E-state index >= 15 is 0 Å². The number of benzene rings is 1. The molecule has 1 fully saturated rings. The summed E-state index contributed by atoms with van der Waals surface area (Å²) in [5.41, 5.74) is 0.883. The third-order valence-electron chi connectivity index (χ3n) is 3.08. The van der Waals surface area contributed by atoms with Crippen LogP contribution in [0.4, 0.5) is 0 Å². The molecule has 1 aromatic carbocycles. The number of hydrogen-bond acceptors (Lipinski definition) is 3. The molecule has 2 rings (SSSR count). The van der Waals surface area contributed by atoms with Gasteiger partial charge in [-0.1, -0.05) is 17.7 Å². The molecule has 1 saturated heterocycles. The van der Waals surface area contributed by atoms with Gasteiger partial charge >= 0.3 is 0 Å². The maximum atomic E-state index is 12.4. The highest BCUT2D eigenvalue weighted by atomic mass is 35.5. The van der Waals surface area contributed by atoms with E-state index in [0.717, 1.165) is 18.5 Å². The van der Waals surface area contributed by atoms with Crippen LogP contribution in [0.25, 0.3) is 0 Å². The van der Waals surface area contributed by atoms with E-state index in [9.17, 15) is 8.42 Å². The molecule has 0 unspecified atom stereocenters. The molecule has 1 aliphatic heterocycles. The average Bonchev–Trinajstić information content (AvgIpc) is 2.61. The van der Waals surface area contributed by atoms with Crippen molar-refractivity contribution in [3.05, 3.63) is 28.8 Å². The minimum atomic E-state index is -3.42. The Morgan fingerprint density at radius 1 is 1.26 bits per heavy atom. The first-order chi connectivity index (χ1) is 8.51. The first-order valence-electron chi connectivity index (χ1n) is 5.99. The molecule has 0 saturated carbocycles. The summed E-state index contributed by atoms with van der Waals surface area (Å²) in [7, 11) is -3.42. The molecule has 4 nitrogen and oxygen atoms in total. The zero-order valence-corrected chi connectivity index (χ0v) is 13.1. The summed E-state index contributed by atoms with van der Waals surface area (Å²) < 4.78 is 26.4. The van der Waals surface area contributed by atoms with Crippen molar-refractivity contribution >= 4 is 34.0 Å². The maximum absolute atomic E-state index is 12.4. The van der Waals surface area contributed by atoms with E-state index in [2.05, 4.69) is 5.32 Å². The Bertz CT molecular complexity index is 527. The van der Waals surface area contributed by atoms with Crippen molar-refractivity contribution in [1.29, 1.82) is 0 Å². The Morgan fingerprint density at radius 3 is 2.68 bits per heavy atom. The van der Waals surface area contributed by atoms with Gasteiger partial charge in [-0.25, -0.2) is 8.42 Å². The number of nitrogens with zero attached hydrogens (tertiary/aromatic N) is 1. The number of rotatable bonds is 2. The lowest BCUT2D eigenvalue weighted by Gasteiger charge is -2.19. The minimum Gasteiger partial charge on any atom is -0.315 e. The van der Waals surface area contributed by atoms with Crippen LogP contribution >= 0.6 is 24.0 Å². The fourth-order valence-electron chi connectivity index (χ4n) is 1.94. The van der Waals surface area contributed by atoms with Gasteiger partial charge in [-0.05, 0) is 37.6 Å². The average molecular weight is 325 g/mol. The lowest BCUT2D eigenvalue weighted by molar-refractivity contribution is 0.432. The highest BCUT2D eigenvalue weighted by molar-refractivity contribution is 7.89. The number of sulfonamides is 1. The van der Waals surface area contributed by atoms with Crippen LogP contribution in [0, 0.1) is 6.92 Å². The summed E-state index contributed by atoms with van der Waals surface area (Å²) in [4.78, 5) is 0.278. The largest absolute Gasteiger partial charge is 0.315 e. The molecule has 0 aliphatic carbocycles. The maximum Gasteiger partial charge on any atom is 0.243 e. The van der Waals surface area contributed by atoms with Crippen LogP contribution in [-0.2, 0) is 10.0 Å². The molecule has 0 aromatic heterocycles. The minimum absolute atomic E-state index is 0. The molecule has 1 aliphatic rings. The standard InChI is InChI=1S/C12H17ClN2O2S.ClH/c1-10-3-4-11(9-12(10)13)18(16,17)15-7-2-5-14-6-8-15;/h3-4,9,14H,2,5-8H2,1H3;1H. The lowest BCUT2D eigenvalue weighted by Crippen LogP contribution is -2.34. The van der Waals surface area contributed by atoms with Gasteiger partial charge in [-0.2, -0.15) is 4.31 Å². The summed E-state index contributed by atoms with van der Waals surface area (Å²) in [6.07, 6.45) is 0.832. The highest BCUT2D eigenvalue weighted by Crippen LogP contribution is 2.23. The summed E-state index contributed by atoms with van der Waals surface area (Å²) in [5, 5.41) is 3.68. The van der Waals surface area contributed by atoms with E-state index < -0.39 is 10.0 Å². The Labute approximate surface area is 125 Å². The zero-order valence-electron chi connectivity index (χ0n) is 10.7. The van der Waals surface area contributed by atoms with Crippen molar-refractivity contribution in [2.45, 2.75) is 18.2 Å². The molecule has 1 heterocycles. The second-order valence-corrected chi connectivity index (χ2v) is 6.76. The van der Waals surface area contributed by atoms with Crippen molar-refractivity contribution in [3.63, 3.8) is 0 Å². The number of nitrogens with one attached hydrogen (secondary N) is 1. The van der Waals surface area contributed by atoms with Gasteiger partial charge in [-0.15, -0.1) is 12.4 Å². The van der Waals surface area contributed by atoms with Crippen LogP contribution in [0.15, 0.2) is 23.1 Å². The van der Waals surface area contributed by atoms with Crippen molar-refractivity contribution in [1.82, 2.24) is 9.62 Å². The second kappa shape index (κ2) is 6.90. The Kier molecular flexibility index (Phi) is 6.08. The van der Waals surface area contributed by atoms with Crippen LogP contribution in [-0.4, -0.2) is 38.9 Å². The molecule has 0 radical (unpaired) electrons. The van der Waals surface area contributed by atoms with E-state index in [-0.39, 0.29) is 17.3 Å².